The zero-order chi connectivity index (χ0) is 7.11. The minimum absolute atomic E-state index is 0.413. The second kappa shape index (κ2) is 5.37. The fourth-order valence-electron chi connectivity index (χ4n) is 0.341. The summed E-state index contributed by atoms with van der Waals surface area (Å²) in [5.41, 5.74) is 2.80. The molecule has 0 aromatic carbocycles. The Labute approximate surface area is 54.3 Å². The Balaban J connectivity index is 2.97. The van der Waals surface area contributed by atoms with E-state index in [4.69, 9.17) is 0 Å². The minimum Gasteiger partial charge on any atom is -0.447 e. The van der Waals surface area contributed by atoms with E-state index in [1.165, 1.54) is 0 Å². The van der Waals surface area contributed by atoms with Crippen LogP contribution in [0.1, 0.15) is 19.8 Å². The highest BCUT2D eigenvalue weighted by atomic mass is 16.5. The van der Waals surface area contributed by atoms with E-state index in [0.29, 0.717) is 6.61 Å². The zero-order valence-corrected chi connectivity index (χ0v) is 5.46. The Morgan fingerprint density at radius 2 is 2.44 bits per heavy atom. The Morgan fingerprint density at radius 1 is 1.78 bits per heavy atom. The standard InChI is InChI=1S/C5H11N2O2/c1-2-3-4-9-5(8)7-6/h2-4,6H2,1H3. The molecule has 0 bridgehead atoms. The Bertz CT molecular complexity index is 85.0. The van der Waals surface area contributed by atoms with Gasteiger partial charge in [0.05, 0.1) is 6.61 Å². The summed E-state index contributed by atoms with van der Waals surface area (Å²) in [6.07, 6.45) is 1.17. The molecule has 0 aliphatic carbocycles. The molecule has 53 valence electrons. The summed E-state index contributed by atoms with van der Waals surface area (Å²) in [4.78, 5) is 10.2. The SMILES string of the molecule is CCCCOC(=O)[N]N. The van der Waals surface area contributed by atoms with E-state index >= 15 is 0 Å². The van der Waals surface area contributed by atoms with Gasteiger partial charge in [0.2, 0.25) is 0 Å². The molecule has 0 aliphatic rings. The van der Waals surface area contributed by atoms with Gasteiger partial charge in [-0.1, -0.05) is 13.3 Å². The molecule has 4 heteroatoms. The molecule has 2 N–H and O–H groups in total. The van der Waals surface area contributed by atoms with Gasteiger partial charge in [-0.3, -0.25) is 0 Å². The molecule has 1 radical (unpaired) electrons. The third-order valence-electron chi connectivity index (χ3n) is 0.829. The monoisotopic (exact) mass is 131 g/mol. The highest BCUT2D eigenvalue weighted by Crippen LogP contribution is 1.87. The van der Waals surface area contributed by atoms with E-state index in [0.717, 1.165) is 12.8 Å². The van der Waals surface area contributed by atoms with Crippen LogP contribution >= 0.6 is 0 Å². The first-order valence-electron chi connectivity index (χ1n) is 2.89. The van der Waals surface area contributed by atoms with Gasteiger partial charge in [-0.15, -0.1) is 5.43 Å². The molecule has 0 aromatic heterocycles. The van der Waals surface area contributed by atoms with Crippen LogP contribution in [0, 0.1) is 0 Å². The Hall–Kier alpha value is -0.770. The fourth-order valence-corrected chi connectivity index (χ4v) is 0.341. The third-order valence-corrected chi connectivity index (χ3v) is 0.829. The molecule has 0 fully saturated rings. The summed E-state index contributed by atoms with van der Waals surface area (Å²) in [6.45, 7) is 2.42. The highest BCUT2D eigenvalue weighted by Gasteiger charge is 1.96. The van der Waals surface area contributed by atoms with Crippen LogP contribution in [0.25, 0.3) is 0 Å². The summed E-state index contributed by atoms with van der Waals surface area (Å²) < 4.78 is 4.50. The molecule has 9 heavy (non-hydrogen) atoms. The van der Waals surface area contributed by atoms with Gasteiger partial charge in [-0.2, -0.15) is 0 Å². The fraction of sp³-hybridized carbons (Fsp3) is 0.800. The predicted octanol–water partition coefficient (Wildman–Crippen LogP) is 0.401. The number of amides is 1. The molecule has 0 heterocycles. The lowest BCUT2D eigenvalue weighted by Crippen LogP contribution is -2.23. The van der Waals surface area contributed by atoms with E-state index in [2.05, 4.69) is 16.0 Å². The summed E-state index contributed by atoms with van der Waals surface area (Å²) in [5.74, 6) is 4.60. The summed E-state index contributed by atoms with van der Waals surface area (Å²) in [5, 5.41) is 0. The third kappa shape index (κ3) is 5.10. The van der Waals surface area contributed by atoms with Crippen LogP contribution in [0.2, 0.25) is 0 Å². The molecule has 0 atom stereocenters. The first-order chi connectivity index (χ1) is 4.31. The van der Waals surface area contributed by atoms with Crippen LogP contribution < -0.4 is 11.3 Å². The van der Waals surface area contributed by atoms with Crippen LogP contribution in [0.5, 0.6) is 0 Å². The van der Waals surface area contributed by atoms with Crippen molar-refractivity contribution in [3.05, 3.63) is 0 Å². The number of nitrogens with two attached hydrogens (primary N) is 1. The van der Waals surface area contributed by atoms with Gasteiger partial charge in [0.25, 0.3) is 0 Å². The molecule has 0 spiro atoms. The maximum Gasteiger partial charge on any atom is 0.445 e. The predicted molar refractivity (Wildman–Crippen MR) is 32.6 cm³/mol. The number of nitrogens with zero attached hydrogens (tertiary/aromatic N) is 1. The quantitative estimate of drug-likeness (QED) is 0.261. The highest BCUT2D eigenvalue weighted by molar-refractivity contribution is 5.65. The molecule has 1 amide bonds. The van der Waals surface area contributed by atoms with Crippen molar-refractivity contribution in [2.45, 2.75) is 19.8 Å². The van der Waals surface area contributed by atoms with Crippen molar-refractivity contribution in [1.82, 2.24) is 5.43 Å². The molecule has 0 aromatic rings. The summed E-state index contributed by atoms with van der Waals surface area (Å²) in [6, 6.07) is 0. The molecular weight excluding hydrogens is 120 g/mol. The lowest BCUT2D eigenvalue weighted by Gasteiger charge is -1.98. The van der Waals surface area contributed by atoms with E-state index in [9.17, 15) is 4.79 Å². The average molecular weight is 131 g/mol. The summed E-state index contributed by atoms with van der Waals surface area (Å²) in [7, 11) is 0. The molecule has 0 rings (SSSR count). The molecular formula is C5H11N2O2. The number of rotatable bonds is 3. The van der Waals surface area contributed by atoms with Crippen molar-refractivity contribution in [3.63, 3.8) is 0 Å². The van der Waals surface area contributed by atoms with Gasteiger partial charge < -0.3 is 4.74 Å². The second-order valence-electron chi connectivity index (χ2n) is 1.60. The zero-order valence-electron chi connectivity index (χ0n) is 5.46. The summed E-state index contributed by atoms with van der Waals surface area (Å²) >= 11 is 0. The van der Waals surface area contributed by atoms with Crippen molar-refractivity contribution in [2.24, 2.45) is 5.84 Å². The van der Waals surface area contributed by atoms with Crippen molar-refractivity contribution in [1.29, 1.82) is 0 Å². The van der Waals surface area contributed by atoms with E-state index in [1.54, 1.807) is 0 Å². The smallest absolute Gasteiger partial charge is 0.445 e. The second-order valence-corrected chi connectivity index (χ2v) is 1.60. The van der Waals surface area contributed by atoms with Crippen LogP contribution in [-0.2, 0) is 4.74 Å². The van der Waals surface area contributed by atoms with Gasteiger partial charge in [0.15, 0.2) is 0 Å². The normalized spacial score (nSPS) is 8.67. The van der Waals surface area contributed by atoms with Crippen LogP contribution in [0.3, 0.4) is 0 Å². The molecule has 4 nitrogen and oxygen atoms in total. The lowest BCUT2D eigenvalue weighted by atomic mass is 10.4. The van der Waals surface area contributed by atoms with Crippen molar-refractivity contribution >= 4 is 6.09 Å². The molecule has 0 saturated heterocycles. The number of unbranched alkanes of at least 4 members (excludes halogenated alkanes) is 1. The lowest BCUT2D eigenvalue weighted by molar-refractivity contribution is 0.143. The number of carbonyl (C=O) groups is 1. The topological polar surface area (TPSA) is 66.4 Å². The average Bonchev–Trinajstić information content (AvgIpc) is 1.89. The Kier molecular flexibility index (Phi) is 4.91. The number of hydrogen-bond donors (Lipinski definition) is 1. The maximum absolute atomic E-state index is 10.2. The molecule has 0 saturated carbocycles. The van der Waals surface area contributed by atoms with Gasteiger partial charge >= 0.3 is 6.09 Å². The van der Waals surface area contributed by atoms with E-state index in [-0.39, 0.29) is 0 Å². The van der Waals surface area contributed by atoms with Gasteiger partial charge in [-0.05, 0) is 6.42 Å². The largest absolute Gasteiger partial charge is 0.447 e. The van der Waals surface area contributed by atoms with Crippen molar-refractivity contribution in [2.75, 3.05) is 6.61 Å². The number of carbonyl (C=O) groups excluding carboxylic acids is 1. The van der Waals surface area contributed by atoms with Crippen molar-refractivity contribution < 1.29 is 9.53 Å². The van der Waals surface area contributed by atoms with Crippen LogP contribution in [0.15, 0.2) is 0 Å². The van der Waals surface area contributed by atoms with E-state index < -0.39 is 6.09 Å². The maximum atomic E-state index is 10.2. The Morgan fingerprint density at radius 3 is 2.89 bits per heavy atom. The first kappa shape index (κ1) is 8.23. The first-order valence-corrected chi connectivity index (χ1v) is 2.89. The van der Waals surface area contributed by atoms with Crippen LogP contribution in [-0.4, -0.2) is 12.7 Å². The number of hydrogen-bond acceptors (Lipinski definition) is 3. The van der Waals surface area contributed by atoms with Gasteiger partial charge in [-0.25, -0.2) is 10.6 Å². The van der Waals surface area contributed by atoms with Crippen LogP contribution in [0.4, 0.5) is 4.79 Å². The minimum atomic E-state index is -0.691. The van der Waals surface area contributed by atoms with Crippen molar-refractivity contribution in [3.8, 4) is 0 Å². The van der Waals surface area contributed by atoms with E-state index in [1.807, 2.05) is 6.92 Å². The molecule has 0 aliphatic heterocycles. The van der Waals surface area contributed by atoms with Gasteiger partial charge in [0, 0.05) is 0 Å². The number of ether oxygens (including phenoxy) is 1. The molecule has 0 unspecified atom stereocenters. The van der Waals surface area contributed by atoms with Gasteiger partial charge in [0.1, 0.15) is 0 Å².